The molecule has 0 saturated carbocycles. The van der Waals surface area contributed by atoms with Crippen molar-refractivity contribution in [2.75, 3.05) is 19.7 Å². The van der Waals surface area contributed by atoms with Crippen molar-refractivity contribution >= 4 is 17.9 Å². The number of aryl methyl sites for hydroxylation is 3. The Hall–Kier alpha value is -6.74. The number of benzene rings is 3. The molecule has 0 radical (unpaired) electrons. The lowest BCUT2D eigenvalue weighted by molar-refractivity contribution is -0.153. The van der Waals surface area contributed by atoms with Gasteiger partial charge in [0, 0.05) is 43.4 Å². The average Bonchev–Trinajstić information content (AvgIpc) is 3.32. The van der Waals surface area contributed by atoms with Crippen LogP contribution in [0.1, 0.15) is 83.8 Å². The third-order valence-electron chi connectivity index (χ3n) is 10.7. The summed E-state index contributed by atoms with van der Waals surface area (Å²) in [7, 11) is 0. The van der Waals surface area contributed by atoms with Gasteiger partial charge in [-0.3, -0.25) is 24.4 Å². The molecule has 3 atom stereocenters. The van der Waals surface area contributed by atoms with Crippen LogP contribution in [-0.4, -0.2) is 62.6 Å². The number of aromatic nitrogens is 4. The highest BCUT2D eigenvalue weighted by atomic mass is 19.1. The Balaban J connectivity index is 0.000000257. The van der Waals surface area contributed by atoms with E-state index in [0.717, 1.165) is 39.6 Å². The number of ether oxygens (including phenoxy) is 3. The van der Waals surface area contributed by atoms with E-state index in [2.05, 4.69) is 19.9 Å². The van der Waals surface area contributed by atoms with Gasteiger partial charge in [-0.1, -0.05) is 104 Å². The molecule has 0 aliphatic carbocycles. The fraction of sp³-hybridized carbons (Fsp3) is 0.314. The number of rotatable bonds is 16. The Labute approximate surface area is 381 Å². The minimum atomic E-state index is -1.18. The van der Waals surface area contributed by atoms with Gasteiger partial charge in [-0.25, -0.2) is 14.4 Å². The Morgan fingerprint density at radius 2 is 1.25 bits per heavy atom. The van der Waals surface area contributed by atoms with Crippen LogP contribution in [0.15, 0.2) is 134 Å². The van der Waals surface area contributed by atoms with E-state index >= 15 is 0 Å². The minimum absolute atomic E-state index is 0. The molecule has 3 aromatic heterocycles. The van der Waals surface area contributed by atoms with Crippen LogP contribution in [-0.2, 0) is 59.2 Å². The van der Waals surface area contributed by atoms with Gasteiger partial charge in [0.15, 0.2) is 0 Å². The topological polar surface area (TPSA) is 203 Å². The molecule has 3 unspecified atom stereocenters. The van der Waals surface area contributed by atoms with Crippen LogP contribution in [0, 0.1) is 26.6 Å². The van der Waals surface area contributed by atoms with E-state index in [9.17, 15) is 23.9 Å². The second-order valence-electron chi connectivity index (χ2n) is 15.3. The number of carbonyl (C=O) groups is 3. The maximum Gasteiger partial charge on any atom is 0.318 e. The van der Waals surface area contributed by atoms with Crippen molar-refractivity contribution in [2.24, 2.45) is 11.5 Å². The molecule has 0 aliphatic heterocycles. The molecule has 344 valence electrons. The van der Waals surface area contributed by atoms with Gasteiger partial charge in [0.1, 0.15) is 42.8 Å². The van der Waals surface area contributed by atoms with E-state index in [0.29, 0.717) is 17.7 Å². The normalized spacial score (nSPS) is 12.8. The minimum Gasteiger partial charge on any atom is -0.460 e. The van der Waals surface area contributed by atoms with Gasteiger partial charge in [-0.15, -0.1) is 0 Å². The standard InChI is InChI=1S/C18H22N2O2.C17H18FNO3.C15H17N3O2.CH4/c1-3-18(13-19,16-6-4-14(2)5-7-16)17(21)22-12-15-8-10-20-11-9-15;1-12-3-5-14(6-4-12)17(2,11-20)16(21)22-10-13-7-8-19-9-15(13)18;1-11-2-4-12(5-3-11)14(8-16)15(19)20-9-13-6-7-17-10-18-13;/h4-11H,3,12-13,19H2,1-2H3;3-9,20H,10-11H2,1-2H3;2-7,10,14H,8-9,16H2,1H3;1H4. The first-order valence-electron chi connectivity index (χ1n) is 20.7. The summed E-state index contributed by atoms with van der Waals surface area (Å²) >= 11 is 0. The van der Waals surface area contributed by atoms with E-state index in [1.54, 1.807) is 43.7 Å². The highest BCUT2D eigenvalue weighted by Gasteiger charge is 2.39. The molecule has 5 N–H and O–H groups in total. The maximum atomic E-state index is 13.5. The first-order valence-corrected chi connectivity index (χ1v) is 20.7. The lowest BCUT2D eigenvalue weighted by Crippen LogP contribution is -2.43. The lowest BCUT2D eigenvalue weighted by atomic mass is 9.78. The van der Waals surface area contributed by atoms with Crippen LogP contribution >= 0.6 is 0 Å². The highest BCUT2D eigenvalue weighted by molar-refractivity contribution is 5.84. The summed E-state index contributed by atoms with van der Waals surface area (Å²) in [5.41, 5.74) is 17.2. The molecule has 0 aliphatic rings. The third-order valence-corrected chi connectivity index (χ3v) is 10.7. The number of halogens is 1. The predicted molar refractivity (Wildman–Crippen MR) is 247 cm³/mol. The summed E-state index contributed by atoms with van der Waals surface area (Å²) in [5, 5.41) is 9.65. The number of nitrogens with two attached hydrogens (primary N) is 2. The summed E-state index contributed by atoms with van der Waals surface area (Å²) in [5.74, 6) is -2.20. The fourth-order valence-corrected chi connectivity index (χ4v) is 6.29. The van der Waals surface area contributed by atoms with Gasteiger partial charge in [-0.2, -0.15) is 0 Å². The SMILES string of the molecule is C.CCC(CN)(C(=O)OCc1ccncc1)c1ccc(C)cc1.Cc1ccc(C(C)(CO)C(=O)OCc2ccncc2F)cc1.Cc1ccc(C(CN)C(=O)OCc2ccncn2)cc1. The van der Waals surface area contributed by atoms with Gasteiger partial charge in [0.25, 0.3) is 0 Å². The molecule has 13 nitrogen and oxygen atoms in total. The van der Waals surface area contributed by atoms with Gasteiger partial charge in [0.05, 0.1) is 24.4 Å². The zero-order valence-corrected chi connectivity index (χ0v) is 36.9. The molecule has 6 rings (SSSR count). The second kappa shape index (κ2) is 26.1. The Morgan fingerprint density at radius 3 is 1.77 bits per heavy atom. The van der Waals surface area contributed by atoms with Crippen LogP contribution < -0.4 is 11.5 Å². The predicted octanol–water partition coefficient (Wildman–Crippen LogP) is 7.47. The van der Waals surface area contributed by atoms with Crippen molar-refractivity contribution in [2.45, 2.75) is 85.0 Å². The van der Waals surface area contributed by atoms with Crippen LogP contribution in [0.2, 0.25) is 0 Å². The number of esters is 3. The largest absolute Gasteiger partial charge is 0.460 e. The fourth-order valence-electron chi connectivity index (χ4n) is 6.29. The molecule has 3 aromatic carbocycles. The van der Waals surface area contributed by atoms with Crippen molar-refractivity contribution in [3.05, 3.63) is 190 Å². The molecule has 6 aromatic rings. The van der Waals surface area contributed by atoms with Crippen molar-refractivity contribution < 1.29 is 38.1 Å². The summed E-state index contributed by atoms with van der Waals surface area (Å²) in [4.78, 5) is 52.5. The number of carbonyl (C=O) groups excluding carboxylic acids is 3. The van der Waals surface area contributed by atoms with Crippen molar-refractivity contribution in [3.63, 3.8) is 0 Å². The van der Waals surface area contributed by atoms with Gasteiger partial charge >= 0.3 is 17.9 Å². The van der Waals surface area contributed by atoms with Crippen LogP contribution in [0.4, 0.5) is 4.39 Å². The summed E-state index contributed by atoms with van der Waals surface area (Å²) in [6.07, 6.45) is 9.48. The molecule has 0 amide bonds. The molecular weight excluding hydrogens is 828 g/mol. The van der Waals surface area contributed by atoms with Gasteiger partial charge in [-0.05, 0) is 80.6 Å². The summed E-state index contributed by atoms with van der Waals surface area (Å²) < 4.78 is 29.4. The third kappa shape index (κ3) is 14.9. The van der Waals surface area contributed by atoms with E-state index in [1.807, 2.05) is 100 Å². The summed E-state index contributed by atoms with van der Waals surface area (Å²) in [6.45, 7) is 9.71. The number of aliphatic hydroxyl groups excluding tert-OH is 1. The maximum absolute atomic E-state index is 13.5. The van der Waals surface area contributed by atoms with Crippen molar-refractivity contribution in [3.8, 4) is 0 Å². The molecule has 14 heteroatoms. The van der Waals surface area contributed by atoms with Crippen molar-refractivity contribution in [1.82, 2.24) is 19.9 Å². The zero-order chi connectivity index (χ0) is 46.5. The molecule has 65 heavy (non-hydrogen) atoms. The Kier molecular flexibility index (Phi) is 21.2. The van der Waals surface area contributed by atoms with Gasteiger partial charge in [0.2, 0.25) is 0 Å². The molecule has 0 fully saturated rings. The number of hydrogen-bond donors (Lipinski definition) is 3. The van der Waals surface area contributed by atoms with Crippen LogP contribution in [0.25, 0.3) is 0 Å². The number of aliphatic hydroxyl groups is 1. The lowest BCUT2D eigenvalue weighted by Gasteiger charge is -2.29. The zero-order valence-electron chi connectivity index (χ0n) is 36.9. The first-order chi connectivity index (χ1) is 30.8. The van der Waals surface area contributed by atoms with Crippen LogP contribution in [0.3, 0.4) is 0 Å². The summed E-state index contributed by atoms with van der Waals surface area (Å²) in [6, 6.07) is 29.7. The molecule has 0 spiro atoms. The van der Waals surface area contributed by atoms with Crippen LogP contribution in [0.5, 0.6) is 0 Å². The highest BCUT2D eigenvalue weighted by Crippen LogP contribution is 2.30. The van der Waals surface area contributed by atoms with Gasteiger partial charge < -0.3 is 30.8 Å². The first kappa shape index (κ1) is 52.6. The monoisotopic (exact) mass is 888 g/mol. The Bertz CT molecular complexity index is 2350. The number of nitrogens with zero attached hydrogens (tertiary/aromatic N) is 4. The smallest absolute Gasteiger partial charge is 0.318 e. The Morgan fingerprint density at radius 1 is 0.692 bits per heavy atom. The van der Waals surface area contributed by atoms with E-state index in [-0.39, 0.29) is 57.8 Å². The quantitative estimate of drug-likeness (QED) is 0.0639. The van der Waals surface area contributed by atoms with Crippen molar-refractivity contribution in [1.29, 1.82) is 0 Å². The molecule has 0 saturated heterocycles. The van der Waals surface area contributed by atoms with E-state index < -0.39 is 35.1 Å². The number of hydrogen-bond acceptors (Lipinski definition) is 13. The molecular formula is C51H61FN6O7. The molecule has 3 heterocycles. The number of pyridine rings is 2. The average molecular weight is 889 g/mol. The van der Waals surface area contributed by atoms with E-state index in [4.69, 9.17) is 25.7 Å². The molecule has 0 bridgehead atoms. The van der Waals surface area contributed by atoms with E-state index in [1.165, 1.54) is 18.6 Å². The second-order valence-corrected chi connectivity index (χ2v) is 15.3.